The van der Waals surface area contributed by atoms with E-state index in [-0.39, 0.29) is 4.90 Å². The SMILES string of the molecule is O=S(=O)(c1ccccc1Cl)N1CC[C@H]2CCCC[C@@H]2C1. The highest BCUT2D eigenvalue weighted by Gasteiger charge is 2.36. The Hall–Kier alpha value is -0.580. The summed E-state index contributed by atoms with van der Waals surface area (Å²) in [6, 6.07) is 6.73. The van der Waals surface area contributed by atoms with Crippen LogP contribution in [0.2, 0.25) is 5.02 Å². The van der Waals surface area contributed by atoms with E-state index in [0.717, 1.165) is 12.3 Å². The highest BCUT2D eigenvalue weighted by Crippen LogP contribution is 2.38. The summed E-state index contributed by atoms with van der Waals surface area (Å²) in [5.41, 5.74) is 0. The molecule has 1 heterocycles. The Morgan fingerprint density at radius 1 is 1.05 bits per heavy atom. The Morgan fingerprint density at radius 2 is 1.75 bits per heavy atom. The van der Waals surface area contributed by atoms with Gasteiger partial charge < -0.3 is 0 Å². The van der Waals surface area contributed by atoms with Crippen LogP contribution in [-0.4, -0.2) is 25.8 Å². The van der Waals surface area contributed by atoms with Gasteiger partial charge in [0.05, 0.1) is 5.02 Å². The molecule has 0 unspecified atom stereocenters. The van der Waals surface area contributed by atoms with Crippen molar-refractivity contribution < 1.29 is 8.42 Å². The molecule has 2 fully saturated rings. The third kappa shape index (κ3) is 2.61. The number of piperidine rings is 1. The van der Waals surface area contributed by atoms with Crippen molar-refractivity contribution in [2.75, 3.05) is 13.1 Å². The maximum atomic E-state index is 12.7. The quantitative estimate of drug-likeness (QED) is 0.837. The Bertz CT molecular complexity index is 587. The Kier molecular flexibility index (Phi) is 4.07. The van der Waals surface area contributed by atoms with Crippen molar-refractivity contribution in [1.29, 1.82) is 0 Å². The van der Waals surface area contributed by atoms with Gasteiger partial charge in [-0.1, -0.05) is 43.0 Å². The zero-order chi connectivity index (χ0) is 14.2. The Morgan fingerprint density at radius 3 is 2.50 bits per heavy atom. The van der Waals surface area contributed by atoms with Gasteiger partial charge in [-0.15, -0.1) is 0 Å². The van der Waals surface area contributed by atoms with E-state index in [0.29, 0.717) is 24.0 Å². The first kappa shape index (κ1) is 14.4. The van der Waals surface area contributed by atoms with Crippen LogP contribution in [-0.2, 0) is 10.0 Å². The summed E-state index contributed by atoms with van der Waals surface area (Å²) in [5, 5.41) is 0.318. The summed E-state index contributed by atoms with van der Waals surface area (Å²) >= 11 is 6.06. The predicted octanol–water partition coefficient (Wildman–Crippen LogP) is 3.54. The highest BCUT2D eigenvalue weighted by atomic mass is 35.5. The van der Waals surface area contributed by atoms with Crippen LogP contribution in [0.15, 0.2) is 29.2 Å². The molecule has 1 saturated heterocycles. The molecule has 1 saturated carbocycles. The second kappa shape index (κ2) is 5.66. The zero-order valence-electron chi connectivity index (χ0n) is 11.5. The molecule has 0 amide bonds. The van der Waals surface area contributed by atoms with Crippen LogP contribution >= 0.6 is 11.6 Å². The topological polar surface area (TPSA) is 37.4 Å². The molecule has 0 radical (unpaired) electrons. The molecule has 20 heavy (non-hydrogen) atoms. The van der Waals surface area contributed by atoms with Gasteiger partial charge in [-0.25, -0.2) is 8.42 Å². The van der Waals surface area contributed by atoms with Gasteiger partial charge in [0.1, 0.15) is 4.90 Å². The van der Waals surface area contributed by atoms with Gasteiger partial charge in [0.15, 0.2) is 0 Å². The molecule has 110 valence electrons. The van der Waals surface area contributed by atoms with Crippen molar-refractivity contribution >= 4 is 21.6 Å². The average Bonchev–Trinajstić information content (AvgIpc) is 2.47. The third-order valence-corrected chi connectivity index (χ3v) is 7.07. The van der Waals surface area contributed by atoms with Crippen molar-refractivity contribution in [1.82, 2.24) is 4.31 Å². The van der Waals surface area contributed by atoms with Crippen LogP contribution in [0.5, 0.6) is 0 Å². The summed E-state index contributed by atoms with van der Waals surface area (Å²) in [5.74, 6) is 1.26. The van der Waals surface area contributed by atoms with E-state index in [2.05, 4.69) is 0 Å². The van der Waals surface area contributed by atoms with Gasteiger partial charge in [-0.05, 0) is 36.8 Å². The predicted molar refractivity (Wildman–Crippen MR) is 80.3 cm³/mol. The number of fused-ring (bicyclic) bond motifs is 1. The molecule has 5 heteroatoms. The summed E-state index contributed by atoms with van der Waals surface area (Å²) < 4.78 is 27.1. The fourth-order valence-electron chi connectivity index (χ4n) is 3.58. The minimum atomic E-state index is -3.44. The Balaban J connectivity index is 1.84. The molecular weight excluding hydrogens is 294 g/mol. The molecular formula is C15H20ClNO2S. The molecule has 2 aliphatic rings. The van der Waals surface area contributed by atoms with Crippen LogP contribution in [0, 0.1) is 11.8 Å². The summed E-state index contributed by atoms with van der Waals surface area (Å²) in [7, 11) is -3.44. The highest BCUT2D eigenvalue weighted by molar-refractivity contribution is 7.89. The van der Waals surface area contributed by atoms with Gasteiger partial charge in [0, 0.05) is 13.1 Å². The number of hydrogen-bond donors (Lipinski definition) is 0. The summed E-state index contributed by atoms with van der Waals surface area (Å²) in [6.45, 7) is 1.30. The maximum absolute atomic E-state index is 12.7. The minimum Gasteiger partial charge on any atom is -0.207 e. The first-order chi connectivity index (χ1) is 9.59. The molecule has 1 aliphatic heterocycles. The van der Waals surface area contributed by atoms with Crippen LogP contribution in [0.3, 0.4) is 0 Å². The van der Waals surface area contributed by atoms with E-state index in [1.807, 2.05) is 0 Å². The van der Waals surface area contributed by atoms with E-state index in [1.165, 1.54) is 25.7 Å². The second-order valence-electron chi connectivity index (χ2n) is 5.89. The van der Waals surface area contributed by atoms with Gasteiger partial charge in [-0.3, -0.25) is 0 Å². The standard InChI is InChI=1S/C15H20ClNO2S/c16-14-7-3-4-8-15(14)20(18,19)17-10-9-12-5-1-2-6-13(12)11-17/h3-4,7-8,12-13H,1-2,5-6,9-11H2/t12-,13-/m1/s1. The molecule has 0 spiro atoms. The molecule has 3 nitrogen and oxygen atoms in total. The van der Waals surface area contributed by atoms with Gasteiger partial charge in [0.25, 0.3) is 0 Å². The van der Waals surface area contributed by atoms with Crippen molar-refractivity contribution in [3.63, 3.8) is 0 Å². The lowest BCUT2D eigenvalue weighted by atomic mass is 9.76. The number of hydrogen-bond acceptors (Lipinski definition) is 2. The van der Waals surface area contributed by atoms with E-state index >= 15 is 0 Å². The minimum absolute atomic E-state index is 0.246. The van der Waals surface area contributed by atoms with E-state index in [4.69, 9.17) is 11.6 Å². The molecule has 0 bridgehead atoms. The molecule has 0 aromatic heterocycles. The fraction of sp³-hybridized carbons (Fsp3) is 0.600. The van der Waals surface area contributed by atoms with E-state index < -0.39 is 10.0 Å². The zero-order valence-corrected chi connectivity index (χ0v) is 13.0. The molecule has 2 atom stereocenters. The molecule has 1 aromatic rings. The van der Waals surface area contributed by atoms with Crippen LogP contribution in [0.4, 0.5) is 0 Å². The average molecular weight is 314 g/mol. The van der Waals surface area contributed by atoms with E-state index in [1.54, 1.807) is 28.6 Å². The third-order valence-electron chi connectivity index (χ3n) is 4.71. The lowest BCUT2D eigenvalue weighted by molar-refractivity contribution is 0.136. The Labute approximate surface area is 126 Å². The van der Waals surface area contributed by atoms with Crippen molar-refractivity contribution in [2.45, 2.75) is 37.0 Å². The molecule has 3 rings (SSSR count). The molecule has 0 N–H and O–H groups in total. The van der Waals surface area contributed by atoms with Gasteiger partial charge >= 0.3 is 0 Å². The summed E-state index contributed by atoms with van der Waals surface area (Å²) in [6.07, 6.45) is 5.97. The van der Waals surface area contributed by atoms with Crippen molar-refractivity contribution in [3.8, 4) is 0 Å². The normalized spacial score (nSPS) is 28.1. The number of nitrogens with zero attached hydrogens (tertiary/aromatic N) is 1. The second-order valence-corrected chi connectivity index (χ2v) is 8.20. The number of benzene rings is 1. The fourth-order valence-corrected chi connectivity index (χ4v) is 5.58. The van der Waals surface area contributed by atoms with Crippen LogP contribution in [0.25, 0.3) is 0 Å². The lowest BCUT2D eigenvalue weighted by Crippen LogP contribution is -2.44. The van der Waals surface area contributed by atoms with Crippen molar-refractivity contribution in [2.24, 2.45) is 11.8 Å². The summed E-state index contributed by atoms with van der Waals surface area (Å²) in [4.78, 5) is 0.246. The first-order valence-electron chi connectivity index (χ1n) is 7.34. The van der Waals surface area contributed by atoms with E-state index in [9.17, 15) is 8.42 Å². The smallest absolute Gasteiger partial charge is 0.207 e. The lowest BCUT2D eigenvalue weighted by Gasteiger charge is -2.40. The van der Waals surface area contributed by atoms with Crippen molar-refractivity contribution in [3.05, 3.63) is 29.3 Å². The monoisotopic (exact) mass is 313 g/mol. The maximum Gasteiger partial charge on any atom is 0.244 e. The van der Waals surface area contributed by atoms with Crippen LogP contribution < -0.4 is 0 Å². The van der Waals surface area contributed by atoms with Gasteiger partial charge in [-0.2, -0.15) is 4.31 Å². The van der Waals surface area contributed by atoms with Gasteiger partial charge in [0.2, 0.25) is 10.0 Å². The largest absolute Gasteiger partial charge is 0.244 e. The molecule has 1 aromatic carbocycles. The number of rotatable bonds is 2. The van der Waals surface area contributed by atoms with Crippen LogP contribution in [0.1, 0.15) is 32.1 Å². The first-order valence-corrected chi connectivity index (χ1v) is 9.15. The number of halogens is 1. The molecule has 1 aliphatic carbocycles. The number of sulfonamides is 1.